The number of anilines is 1. The fourth-order valence-corrected chi connectivity index (χ4v) is 2.61. The van der Waals surface area contributed by atoms with E-state index >= 15 is 0 Å². The summed E-state index contributed by atoms with van der Waals surface area (Å²) in [5.74, 6) is 0.599. The molecule has 0 unspecified atom stereocenters. The summed E-state index contributed by atoms with van der Waals surface area (Å²) in [4.78, 5) is 12.4. The van der Waals surface area contributed by atoms with Crippen molar-refractivity contribution in [2.75, 3.05) is 5.32 Å². The van der Waals surface area contributed by atoms with Gasteiger partial charge in [-0.15, -0.1) is 0 Å². The molecule has 2 aromatic rings. The molecule has 22 heavy (non-hydrogen) atoms. The molecule has 0 fully saturated rings. The van der Waals surface area contributed by atoms with Crippen LogP contribution in [0.5, 0.6) is 5.75 Å². The average Bonchev–Trinajstić information content (AvgIpc) is 2.43. The summed E-state index contributed by atoms with van der Waals surface area (Å²) in [6, 6.07) is 11.3. The highest BCUT2D eigenvalue weighted by Gasteiger charge is 2.11. The van der Waals surface area contributed by atoms with Gasteiger partial charge in [-0.05, 0) is 73.5 Å². The summed E-state index contributed by atoms with van der Waals surface area (Å²) in [5.41, 5.74) is 3.64. The van der Waals surface area contributed by atoms with Crippen molar-refractivity contribution < 1.29 is 9.53 Å². The van der Waals surface area contributed by atoms with Gasteiger partial charge in [-0.1, -0.05) is 17.7 Å². The van der Waals surface area contributed by atoms with E-state index < -0.39 is 0 Å². The minimum Gasteiger partial charge on any atom is -0.490 e. The number of nitrogens with one attached hydrogen (secondary N) is 1. The Bertz CT molecular complexity index is 695. The molecule has 0 saturated carbocycles. The smallest absolute Gasteiger partial charge is 0.255 e. The Labute approximate surface area is 139 Å². The molecule has 0 aromatic heterocycles. The van der Waals surface area contributed by atoms with E-state index in [-0.39, 0.29) is 12.0 Å². The minimum atomic E-state index is -0.135. The van der Waals surface area contributed by atoms with Crippen LogP contribution < -0.4 is 10.1 Å². The molecule has 0 saturated heterocycles. The van der Waals surface area contributed by atoms with Crippen molar-refractivity contribution in [2.24, 2.45) is 0 Å². The van der Waals surface area contributed by atoms with Gasteiger partial charge in [-0.3, -0.25) is 4.79 Å². The van der Waals surface area contributed by atoms with Crippen molar-refractivity contribution in [1.82, 2.24) is 0 Å². The summed E-state index contributed by atoms with van der Waals surface area (Å²) < 4.78 is 6.42. The lowest BCUT2D eigenvalue weighted by Gasteiger charge is -2.13. The van der Waals surface area contributed by atoms with Crippen LogP contribution in [0.4, 0.5) is 5.69 Å². The monoisotopic (exact) mass is 361 g/mol. The summed E-state index contributed by atoms with van der Waals surface area (Å²) in [5, 5.41) is 2.94. The van der Waals surface area contributed by atoms with E-state index in [1.54, 1.807) is 18.2 Å². The number of ether oxygens (including phenoxy) is 1. The minimum absolute atomic E-state index is 0.0891. The lowest BCUT2D eigenvalue weighted by molar-refractivity contribution is 0.102. The SMILES string of the molecule is Cc1ccc(NC(=O)c2ccc(OC(C)C)c(Br)c2)c(C)c1. The molecule has 0 heterocycles. The van der Waals surface area contributed by atoms with E-state index in [4.69, 9.17) is 4.74 Å². The zero-order valence-electron chi connectivity index (χ0n) is 13.2. The van der Waals surface area contributed by atoms with Gasteiger partial charge in [0, 0.05) is 11.3 Å². The zero-order valence-corrected chi connectivity index (χ0v) is 14.8. The molecule has 0 bridgehead atoms. The first-order chi connectivity index (χ1) is 10.4. The summed E-state index contributed by atoms with van der Waals surface area (Å²) in [6.45, 7) is 7.95. The van der Waals surface area contributed by atoms with E-state index in [1.807, 2.05) is 45.9 Å². The van der Waals surface area contributed by atoms with Gasteiger partial charge in [0.2, 0.25) is 0 Å². The Balaban J connectivity index is 2.17. The van der Waals surface area contributed by atoms with Crippen molar-refractivity contribution in [2.45, 2.75) is 33.8 Å². The Hall–Kier alpha value is -1.81. The molecule has 0 spiro atoms. The number of amides is 1. The maximum absolute atomic E-state index is 12.4. The second-order valence-corrected chi connectivity index (χ2v) is 6.44. The lowest BCUT2D eigenvalue weighted by atomic mass is 10.1. The third-order valence-corrected chi connectivity index (χ3v) is 3.81. The standard InChI is InChI=1S/C18H20BrNO2/c1-11(2)22-17-8-6-14(10-15(17)19)18(21)20-16-7-5-12(3)9-13(16)4/h5-11H,1-4H3,(H,20,21). The van der Waals surface area contributed by atoms with Crippen LogP contribution in [0, 0.1) is 13.8 Å². The molecule has 1 N–H and O–H groups in total. The molecule has 2 rings (SSSR count). The molecule has 0 aliphatic carbocycles. The molecule has 0 aliphatic heterocycles. The van der Waals surface area contributed by atoms with Crippen LogP contribution in [-0.4, -0.2) is 12.0 Å². The number of rotatable bonds is 4. The van der Waals surface area contributed by atoms with Crippen LogP contribution in [0.1, 0.15) is 35.3 Å². The van der Waals surface area contributed by atoms with Gasteiger partial charge >= 0.3 is 0 Å². The summed E-state index contributed by atoms with van der Waals surface area (Å²) in [6.07, 6.45) is 0.0891. The number of aryl methyl sites for hydroxylation is 2. The van der Waals surface area contributed by atoms with Crippen molar-refractivity contribution in [3.8, 4) is 5.75 Å². The molecule has 4 heteroatoms. The summed E-state index contributed by atoms with van der Waals surface area (Å²) in [7, 11) is 0. The number of benzene rings is 2. The molecule has 0 atom stereocenters. The van der Waals surface area contributed by atoms with Gasteiger partial charge in [0.05, 0.1) is 10.6 Å². The van der Waals surface area contributed by atoms with Crippen molar-refractivity contribution in [3.63, 3.8) is 0 Å². The second-order valence-electron chi connectivity index (χ2n) is 5.58. The molecule has 0 aliphatic rings. The van der Waals surface area contributed by atoms with Gasteiger partial charge in [0.1, 0.15) is 5.75 Å². The molecule has 0 radical (unpaired) electrons. The highest BCUT2D eigenvalue weighted by molar-refractivity contribution is 9.10. The predicted octanol–water partition coefficient (Wildman–Crippen LogP) is 5.11. The topological polar surface area (TPSA) is 38.3 Å². The molecular weight excluding hydrogens is 342 g/mol. The maximum atomic E-state index is 12.4. The van der Waals surface area contributed by atoms with Crippen LogP contribution in [-0.2, 0) is 0 Å². The van der Waals surface area contributed by atoms with Gasteiger partial charge in [-0.2, -0.15) is 0 Å². The van der Waals surface area contributed by atoms with Gasteiger partial charge in [0.15, 0.2) is 0 Å². The average molecular weight is 362 g/mol. The predicted molar refractivity (Wildman–Crippen MR) is 93.8 cm³/mol. The Morgan fingerprint density at radius 3 is 2.45 bits per heavy atom. The van der Waals surface area contributed by atoms with Crippen molar-refractivity contribution in [3.05, 3.63) is 57.6 Å². The molecular formula is C18H20BrNO2. The van der Waals surface area contributed by atoms with E-state index in [9.17, 15) is 4.79 Å². The first-order valence-corrected chi connectivity index (χ1v) is 8.01. The Kier molecular flexibility index (Phi) is 5.24. The molecule has 1 amide bonds. The normalized spacial score (nSPS) is 10.6. The van der Waals surface area contributed by atoms with Crippen LogP contribution >= 0.6 is 15.9 Å². The largest absolute Gasteiger partial charge is 0.490 e. The molecule has 2 aromatic carbocycles. The fourth-order valence-electron chi connectivity index (χ4n) is 2.14. The Morgan fingerprint density at radius 2 is 1.86 bits per heavy atom. The van der Waals surface area contributed by atoms with Crippen LogP contribution in [0.3, 0.4) is 0 Å². The highest BCUT2D eigenvalue weighted by atomic mass is 79.9. The second kappa shape index (κ2) is 6.97. The highest BCUT2D eigenvalue weighted by Crippen LogP contribution is 2.27. The summed E-state index contributed by atoms with van der Waals surface area (Å²) >= 11 is 3.45. The van der Waals surface area contributed by atoms with Crippen molar-refractivity contribution >= 4 is 27.5 Å². The third kappa shape index (κ3) is 4.10. The first kappa shape index (κ1) is 16.6. The molecule has 3 nitrogen and oxygen atoms in total. The van der Waals surface area contributed by atoms with Gasteiger partial charge in [0.25, 0.3) is 5.91 Å². The number of halogens is 1. The Morgan fingerprint density at radius 1 is 1.14 bits per heavy atom. The third-order valence-electron chi connectivity index (χ3n) is 3.19. The number of carbonyl (C=O) groups excluding carboxylic acids is 1. The number of hydrogen-bond acceptors (Lipinski definition) is 2. The fraction of sp³-hybridized carbons (Fsp3) is 0.278. The maximum Gasteiger partial charge on any atom is 0.255 e. The molecule has 116 valence electrons. The first-order valence-electron chi connectivity index (χ1n) is 7.21. The van der Waals surface area contributed by atoms with Crippen LogP contribution in [0.25, 0.3) is 0 Å². The number of hydrogen-bond donors (Lipinski definition) is 1. The quantitative estimate of drug-likeness (QED) is 0.821. The lowest BCUT2D eigenvalue weighted by Crippen LogP contribution is -2.13. The van der Waals surface area contributed by atoms with E-state index in [0.717, 1.165) is 21.5 Å². The van der Waals surface area contributed by atoms with E-state index in [2.05, 4.69) is 21.2 Å². The van der Waals surface area contributed by atoms with E-state index in [0.29, 0.717) is 5.56 Å². The van der Waals surface area contributed by atoms with Gasteiger partial charge < -0.3 is 10.1 Å². The van der Waals surface area contributed by atoms with E-state index in [1.165, 1.54) is 5.56 Å². The number of carbonyl (C=O) groups is 1. The van der Waals surface area contributed by atoms with Crippen molar-refractivity contribution in [1.29, 1.82) is 0 Å². The van der Waals surface area contributed by atoms with Crippen LogP contribution in [0.15, 0.2) is 40.9 Å². The zero-order chi connectivity index (χ0) is 16.3. The van der Waals surface area contributed by atoms with Gasteiger partial charge in [-0.25, -0.2) is 0 Å². The van der Waals surface area contributed by atoms with Crippen LogP contribution in [0.2, 0.25) is 0 Å².